The number of rotatable bonds is 5. The molecule has 17 heavy (non-hydrogen) atoms. The fourth-order valence-electron chi connectivity index (χ4n) is 3.77. The van der Waals surface area contributed by atoms with Crippen LogP contribution in [0.25, 0.3) is 0 Å². The molecule has 0 aromatic carbocycles. The molecule has 0 amide bonds. The smallest absolute Gasteiger partial charge is 0.0121 e. The standard InChI is InChI=1S/C15H30N2/c1-3-5-13(2)15-6-4-11-17(15)12-14-7-9-16-10-8-14/h13-16H,3-12H2,1-2H3. The number of hydrogen-bond acceptors (Lipinski definition) is 2. The molecule has 1 N–H and O–H groups in total. The van der Waals surface area contributed by atoms with Crippen LogP contribution in [0.4, 0.5) is 0 Å². The molecule has 0 saturated carbocycles. The van der Waals surface area contributed by atoms with Gasteiger partial charge in [0.15, 0.2) is 0 Å². The van der Waals surface area contributed by atoms with Crippen molar-refractivity contribution in [3.8, 4) is 0 Å². The Kier molecular flexibility index (Phi) is 5.30. The van der Waals surface area contributed by atoms with Crippen LogP contribution in [0.5, 0.6) is 0 Å². The predicted molar refractivity (Wildman–Crippen MR) is 74.3 cm³/mol. The molecule has 2 aliphatic rings. The predicted octanol–water partition coefficient (Wildman–Crippen LogP) is 2.89. The molecule has 2 fully saturated rings. The second kappa shape index (κ2) is 6.75. The topological polar surface area (TPSA) is 15.3 Å². The normalized spacial score (nSPS) is 29.6. The quantitative estimate of drug-likeness (QED) is 0.792. The average molecular weight is 238 g/mol. The van der Waals surface area contributed by atoms with E-state index in [-0.39, 0.29) is 0 Å². The lowest BCUT2D eigenvalue weighted by Crippen LogP contribution is -2.40. The van der Waals surface area contributed by atoms with Crippen LogP contribution in [0, 0.1) is 11.8 Å². The molecule has 0 aromatic rings. The summed E-state index contributed by atoms with van der Waals surface area (Å²) in [6.45, 7) is 10.0. The van der Waals surface area contributed by atoms with Crippen molar-refractivity contribution in [2.24, 2.45) is 11.8 Å². The van der Waals surface area contributed by atoms with Crippen molar-refractivity contribution in [2.45, 2.75) is 58.4 Å². The Hall–Kier alpha value is -0.0800. The van der Waals surface area contributed by atoms with E-state index >= 15 is 0 Å². The molecule has 2 heterocycles. The van der Waals surface area contributed by atoms with E-state index in [0.717, 1.165) is 17.9 Å². The van der Waals surface area contributed by atoms with Gasteiger partial charge < -0.3 is 5.32 Å². The summed E-state index contributed by atoms with van der Waals surface area (Å²) in [4.78, 5) is 2.82. The number of hydrogen-bond donors (Lipinski definition) is 1. The number of nitrogens with one attached hydrogen (secondary N) is 1. The maximum atomic E-state index is 3.48. The van der Waals surface area contributed by atoms with Gasteiger partial charge in [-0.15, -0.1) is 0 Å². The molecule has 2 aliphatic heterocycles. The zero-order chi connectivity index (χ0) is 12.1. The summed E-state index contributed by atoms with van der Waals surface area (Å²) < 4.78 is 0. The summed E-state index contributed by atoms with van der Waals surface area (Å²) in [5, 5.41) is 3.48. The van der Waals surface area contributed by atoms with Crippen LogP contribution < -0.4 is 5.32 Å². The van der Waals surface area contributed by atoms with Gasteiger partial charge in [-0.3, -0.25) is 4.90 Å². The van der Waals surface area contributed by atoms with E-state index in [9.17, 15) is 0 Å². The van der Waals surface area contributed by atoms with Crippen LogP contribution >= 0.6 is 0 Å². The van der Waals surface area contributed by atoms with E-state index in [1.807, 2.05) is 0 Å². The molecule has 2 atom stereocenters. The minimum Gasteiger partial charge on any atom is -0.317 e. The fraction of sp³-hybridized carbons (Fsp3) is 1.00. The van der Waals surface area contributed by atoms with Gasteiger partial charge in [0.05, 0.1) is 0 Å². The first-order chi connectivity index (χ1) is 8.31. The summed E-state index contributed by atoms with van der Waals surface area (Å²) in [5.74, 6) is 1.87. The fourth-order valence-corrected chi connectivity index (χ4v) is 3.77. The SMILES string of the molecule is CCCC(C)C1CCCN1CC1CCNCC1. The highest BCUT2D eigenvalue weighted by Gasteiger charge is 2.30. The summed E-state index contributed by atoms with van der Waals surface area (Å²) in [6.07, 6.45) is 8.43. The maximum absolute atomic E-state index is 3.48. The third-order valence-electron chi connectivity index (χ3n) is 4.77. The Morgan fingerprint density at radius 2 is 2.00 bits per heavy atom. The molecule has 0 aliphatic carbocycles. The monoisotopic (exact) mass is 238 g/mol. The minimum absolute atomic E-state index is 0.893. The number of likely N-dealkylation sites (tertiary alicyclic amines) is 1. The lowest BCUT2D eigenvalue weighted by atomic mass is 9.93. The second-order valence-corrected chi connectivity index (χ2v) is 6.16. The largest absolute Gasteiger partial charge is 0.317 e. The van der Waals surface area contributed by atoms with E-state index in [2.05, 4.69) is 24.1 Å². The van der Waals surface area contributed by atoms with Gasteiger partial charge in [0.1, 0.15) is 0 Å². The van der Waals surface area contributed by atoms with E-state index in [1.54, 1.807) is 0 Å². The van der Waals surface area contributed by atoms with Gasteiger partial charge in [-0.1, -0.05) is 20.3 Å². The third kappa shape index (κ3) is 3.69. The van der Waals surface area contributed by atoms with Gasteiger partial charge in [0.2, 0.25) is 0 Å². The van der Waals surface area contributed by atoms with Crippen LogP contribution in [-0.2, 0) is 0 Å². The van der Waals surface area contributed by atoms with E-state index in [1.165, 1.54) is 64.7 Å². The Balaban J connectivity index is 1.81. The molecule has 2 saturated heterocycles. The van der Waals surface area contributed by atoms with Gasteiger partial charge >= 0.3 is 0 Å². The van der Waals surface area contributed by atoms with Crippen LogP contribution in [-0.4, -0.2) is 37.1 Å². The Morgan fingerprint density at radius 3 is 2.71 bits per heavy atom. The van der Waals surface area contributed by atoms with Gasteiger partial charge in [-0.25, -0.2) is 0 Å². The molecule has 2 rings (SSSR count). The molecule has 100 valence electrons. The summed E-state index contributed by atoms with van der Waals surface area (Å²) in [6, 6.07) is 0.893. The van der Waals surface area contributed by atoms with Gasteiger partial charge in [-0.2, -0.15) is 0 Å². The van der Waals surface area contributed by atoms with E-state index < -0.39 is 0 Å². The average Bonchev–Trinajstić information content (AvgIpc) is 2.79. The van der Waals surface area contributed by atoms with Crippen molar-refractivity contribution in [3.05, 3.63) is 0 Å². The van der Waals surface area contributed by atoms with Gasteiger partial charge in [0.25, 0.3) is 0 Å². The lowest BCUT2D eigenvalue weighted by molar-refractivity contribution is 0.152. The summed E-state index contributed by atoms with van der Waals surface area (Å²) in [5.41, 5.74) is 0. The van der Waals surface area contributed by atoms with Crippen molar-refractivity contribution in [1.82, 2.24) is 10.2 Å². The molecular weight excluding hydrogens is 208 g/mol. The zero-order valence-corrected chi connectivity index (χ0v) is 11.8. The molecule has 0 bridgehead atoms. The molecule has 2 heteroatoms. The van der Waals surface area contributed by atoms with Crippen LogP contribution in [0.2, 0.25) is 0 Å². The first-order valence-corrected chi connectivity index (χ1v) is 7.76. The van der Waals surface area contributed by atoms with Crippen molar-refractivity contribution in [2.75, 3.05) is 26.2 Å². The van der Waals surface area contributed by atoms with Crippen molar-refractivity contribution in [3.63, 3.8) is 0 Å². The highest BCUT2D eigenvalue weighted by Crippen LogP contribution is 2.28. The Morgan fingerprint density at radius 1 is 1.24 bits per heavy atom. The maximum Gasteiger partial charge on any atom is 0.0121 e. The lowest BCUT2D eigenvalue weighted by Gasteiger charge is -2.34. The van der Waals surface area contributed by atoms with E-state index in [4.69, 9.17) is 0 Å². The molecule has 0 radical (unpaired) electrons. The van der Waals surface area contributed by atoms with E-state index in [0.29, 0.717) is 0 Å². The van der Waals surface area contributed by atoms with Crippen molar-refractivity contribution >= 4 is 0 Å². The molecular formula is C15H30N2. The first kappa shape index (κ1) is 13.4. The van der Waals surface area contributed by atoms with Crippen molar-refractivity contribution < 1.29 is 0 Å². The molecule has 2 nitrogen and oxygen atoms in total. The minimum atomic E-state index is 0.893. The highest BCUT2D eigenvalue weighted by atomic mass is 15.2. The first-order valence-electron chi connectivity index (χ1n) is 7.76. The van der Waals surface area contributed by atoms with Crippen LogP contribution in [0.3, 0.4) is 0 Å². The third-order valence-corrected chi connectivity index (χ3v) is 4.77. The molecule has 0 spiro atoms. The summed E-state index contributed by atoms with van der Waals surface area (Å²) in [7, 11) is 0. The second-order valence-electron chi connectivity index (χ2n) is 6.16. The Bertz CT molecular complexity index is 211. The molecule has 2 unspecified atom stereocenters. The van der Waals surface area contributed by atoms with Crippen LogP contribution in [0.15, 0.2) is 0 Å². The number of piperidine rings is 1. The van der Waals surface area contributed by atoms with Gasteiger partial charge in [0, 0.05) is 12.6 Å². The Labute approximate surface area is 107 Å². The zero-order valence-electron chi connectivity index (χ0n) is 11.8. The summed E-state index contributed by atoms with van der Waals surface area (Å²) >= 11 is 0. The van der Waals surface area contributed by atoms with Crippen LogP contribution in [0.1, 0.15) is 52.4 Å². The van der Waals surface area contributed by atoms with Gasteiger partial charge in [-0.05, 0) is 63.6 Å². The molecule has 0 aromatic heterocycles. The number of nitrogens with zero attached hydrogens (tertiary/aromatic N) is 1. The highest BCUT2D eigenvalue weighted by molar-refractivity contribution is 4.85. The van der Waals surface area contributed by atoms with Crippen molar-refractivity contribution in [1.29, 1.82) is 0 Å².